The van der Waals surface area contributed by atoms with Gasteiger partial charge in [-0.1, -0.05) is 12.1 Å². The molecule has 1 aromatic heterocycles. The van der Waals surface area contributed by atoms with Crippen LogP contribution in [-0.4, -0.2) is 45.1 Å². The molecule has 1 aromatic carbocycles. The Morgan fingerprint density at radius 3 is 2.64 bits per heavy atom. The van der Waals surface area contributed by atoms with E-state index in [0.717, 1.165) is 19.3 Å². The molecule has 0 saturated carbocycles. The van der Waals surface area contributed by atoms with E-state index in [9.17, 15) is 13.2 Å². The normalized spacial score (nSPS) is 16.7. The number of nitrogens with one attached hydrogen (secondary N) is 1. The highest BCUT2D eigenvalue weighted by atomic mass is 32.2. The van der Waals surface area contributed by atoms with E-state index in [1.165, 1.54) is 29.9 Å². The van der Waals surface area contributed by atoms with Crippen LogP contribution in [0.5, 0.6) is 0 Å². The molecule has 1 fully saturated rings. The summed E-state index contributed by atoms with van der Waals surface area (Å²) in [5.74, 6) is -0.244. The molecule has 1 atom stereocenters. The molecule has 1 aliphatic heterocycles. The van der Waals surface area contributed by atoms with Crippen LogP contribution in [0.25, 0.3) is 0 Å². The molecule has 3 rings (SSSR count). The van der Waals surface area contributed by atoms with Gasteiger partial charge in [0.25, 0.3) is 5.91 Å². The van der Waals surface area contributed by atoms with Crippen molar-refractivity contribution in [1.82, 2.24) is 10.2 Å². The molecule has 1 saturated heterocycles. The highest BCUT2D eigenvalue weighted by molar-refractivity contribution is 7.90. The van der Waals surface area contributed by atoms with Gasteiger partial charge in [0.05, 0.1) is 10.9 Å². The summed E-state index contributed by atoms with van der Waals surface area (Å²) in [5, 5.41) is 5.03. The lowest BCUT2D eigenvalue weighted by molar-refractivity contribution is 0.0938. The number of amides is 1. The Morgan fingerprint density at radius 1 is 1.24 bits per heavy atom. The van der Waals surface area contributed by atoms with Crippen molar-refractivity contribution in [3.63, 3.8) is 0 Å². The van der Waals surface area contributed by atoms with Crippen molar-refractivity contribution >= 4 is 27.1 Å². The molecule has 1 unspecified atom stereocenters. The van der Waals surface area contributed by atoms with Gasteiger partial charge in [-0.2, -0.15) is 0 Å². The molecule has 7 heteroatoms. The number of thiophene rings is 1. The van der Waals surface area contributed by atoms with Crippen LogP contribution in [0.1, 0.15) is 34.1 Å². The molecule has 1 aliphatic rings. The monoisotopic (exact) mass is 378 g/mol. The third-order valence-electron chi connectivity index (χ3n) is 4.43. The average molecular weight is 379 g/mol. The fourth-order valence-electron chi connectivity index (χ4n) is 3.10. The van der Waals surface area contributed by atoms with Crippen LogP contribution in [0.3, 0.4) is 0 Å². The van der Waals surface area contributed by atoms with Gasteiger partial charge >= 0.3 is 0 Å². The number of nitrogens with zero attached hydrogens (tertiary/aromatic N) is 1. The van der Waals surface area contributed by atoms with Crippen molar-refractivity contribution in [3.8, 4) is 0 Å². The van der Waals surface area contributed by atoms with E-state index in [0.29, 0.717) is 12.1 Å². The summed E-state index contributed by atoms with van der Waals surface area (Å²) < 4.78 is 23.3. The molecule has 1 amide bonds. The number of carbonyl (C=O) groups is 1. The number of rotatable bonds is 6. The summed E-state index contributed by atoms with van der Waals surface area (Å²) >= 11 is 1.70. The molecular formula is C18H22N2O3S2. The van der Waals surface area contributed by atoms with Gasteiger partial charge < -0.3 is 5.32 Å². The minimum Gasteiger partial charge on any atom is -0.350 e. The maximum absolute atomic E-state index is 12.5. The quantitative estimate of drug-likeness (QED) is 0.839. The topological polar surface area (TPSA) is 66.5 Å². The number of hydrogen-bond acceptors (Lipinski definition) is 5. The molecule has 2 aromatic rings. The first-order valence-electron chi connectivity index (χ1n) is 8.31. The van der Waals surface area contributed by atoms with Crippen LogP contribution < -0.4 is 5.32 Å². The number of sulfone groups is 1. The standard InChI is InChI=1S/C18H22N2O3S2/c1-25(22,23)15-7-4-6-14(12-15)18(21)19-13-16(17-8-5-11-24-17)20-9-2-3-10-20/h4-8,11-12,16H,2-3,9-10,13H2,1H3,(H,19,21). The zero-order valence-electron chi connectivity index (χ0n) is 14.1. The lowest BCUT2D eigenvalue weighted by Crippen LogP contribution is -2.36. The molecule has 0 radical (unpaired) electrons. The zero-order valence-corrected chi connectivity index (χ0v) is 15.8. The van der Waals surface area contributed by atoms with Crippen molar-refractivity contribution in [1.29, 1.82) is 0 Å². The molecule has 0 bridgehead atoms. The van der Waals surface area contributed by atoms with Crippen LogP contribution >= 0.6 is 11.3 Å². The summed E-state index contributed by atoms with van der Waals surface area (Å²) in [6, 6.07) is 10.5. The highest BCUT2D eigenvalue weighted by Gasteiger charge is 2.25. The predicted molar refractivity (Wildman–Crippen MR) is 99.8 cm³/mol. The third-order valence-corrected chi connectivity index (χ3v) is 6.52. The highest BCUT2D eigenvalue weighted by Crippen LogP contribution is 2.27. The van der Waals surface area contributed by atoms with E-state index < -0.39 is 9.84 Å². The summed E-state index contributed by atoms with van der Waals surface area (Å²) in [6.45, 7) is 2.60. The Bertz CT molecular complexity index is 826. The molecule has 0 spiro atoms. The van der Waals surface area contributed by atoms with Gasteiger partial charge in [-0.3, -0.25) is 9.69 Å². The van der Waals surface area contributed by atoms with Gasteiger partial charge in [-0.25, -0.2) is 8.42 Å². The van der Waals surface area contributed by atoms with E-state index in [4.69, 9.17) is 0 Å². The summed E-state index contributed by atoms with van der Waals surface area (Å²) in [7, 11) is -3.33. The Hall–Kier alpha value is -1.70. The van der Waals surface area contributed by atoms with E-state index in [1.54, 1.807) is 23.5 Å². The SMILES string of the molecule is CS(=O)(=O)c1cccc(C(=O)NCC(c2cccs2)N2CCCC2)c1. The van der Waals surface area contributed by atoms with Crippen LogP contribution in [-0.2, 0) is 9.84 Å². The average Bonchev–Trinajstić information content (AvgIpc) is 3.28. The van der Waals surface area contributed by atoms with E-state index in [-0.39, 0.29) is 16.8 Å². The van der Waals surface area contributed by atoms with Crippen molar-refractivity contribution in [2.45, 2.75) is 23.8 Å². The second-order valence-electron chi connectivity index (χ2n) is 6.28. The maximum Gasteiger partial charge on any atom is 0.251 e. The van der Waals surface area contributed by atoms with Crippen LogP contribution in [0.4, 0.5) is 0 Å². The minimum atomic E-state index is -3.33. The van der Waals surface area contributed by atoms with Crippen LogP contribution in [0, 0.1) is 0 Å². The van der Waals surface area contributed by atoms with Crippen LogP contribution in [0.2, 0.25) is 0 Å². The first-order valence-corrected chi connectivity index (χ1v) is 11.1. The zero-order chi connectivity index (χ0) is 17.9. The number of carbonyl (C=O) groups excluding carboxylic acids is 1. The fourth-order valence-corrected chi connectivity index (χ4v) is 4.63. The number of benzene rings is 1. The molecular weight excluding hydrogens is 356 g/mol. The van der Waals surface area contributed by atoms with Gasteiger partial charge in [-0.05, 0) is 55.6 Å². The number of hydrogen-bond donors (Lipinski definition) is 1. The lowest BCUT2D eigenvalue weighted by Gasteiger charge is -2.27. The Kier molecular flexibility index (Phi) is 5.56. The lowest BCUT2D eigenvalue weighted by atomic mass is 10.2. The predicted octanol–water partition coefficient (Wildman–Crippen LogP) is 2.72. The Balaban J connectivity index is 1.71. The molecule has 5 nitrogen and oxygen atoms in total. The van der Waals surface area contributed by atoms with Gasteiger partial charge in [0.15, 0.2) is 9.84 Å². The van der Waals surface area contributed by atoms with Crippen LogP contribution in [0.15, 0.2) is 46.7 Å². The molecule has 2 heterocycles. The second kappa shape index (κ2) is 7.68. The van der Waals surface area contributed by atoms with Crippen molar-refractivity contribution in [3.05, 3.63) is 52.2 Å². The molecule has 1 N–H and O–H groups in total. The number of likely N-dealkylation sites (tertiary alicyclic amines) is 1. The Morgan fingerprint density at radius 2 is 2.00 bits per heavy atom. The fraction of sp³-hybridized carbons (Fsp3) is 0.389. The van der Waals surface area contributed by atoms with E-state index >= 15 is 0 Å². The summed E-state index contributed by atoms with van der Waals surface area (Å²) in [4.78, 5) is 16.3. The smallest absolute Gasteiger partial charge is 0.251 e. The summed E-state index contributed by atoms with van der Waals surface area (Å²) in [5.41, 5.74) is 0.370. The van der Waals surface area contributed by atoms with Crippen molar-refractivity contribution in [2.75, 3.05) is 25.9 Å². The van der Waals surface area contributed by atoms with E-state index in [1.807, 2.05) is 6.07 Å². The molecule has 25 heavy (non-hydrogen) atoms. The van der Waals surface area contributed by atoms with Gasteiger partial charge in [0, 0.05) is 23.2 Å². The maximum atomic E-state index is 12.5. The first-order chi connectivity index (χ1) is 11.9. The van der Waals surface area contributed by atoms with E-state index in [2.05, 4.69) is 21.7 Å². The van der Waals surface area contributed by atoms with Gasteiger partial charge in [-0.15, -0.1) is 11.3 Å². The second-order valence-corrected chi connectivity index (χ2v) is 9.28. The minimum absolute atomic E-state index is 0.162. The van der Waals surface area contributed by atoms with Gasteiger partial charge in [0.2, 0.25) is 0 Å². The van der Waals surface area contributed by atoms with Crippen molar-refractivity contribution < 1.29 is 13.2 Å². The molecule has 134 valence electrons. The first kappa shape index (κ1) is 18.1. The Labute approximate surface area is 152 Å². The third kappa shape index (κ3) is 4.48. The largest absolute Gasteiger partial charge is 0.350 e. The molecule has 0 aliphatic carbocycles. The van der Waals surface area contributed by atoms with Gasteiger partial charge in [0.1, 0.15) is 0 Å². The van der Waals surface area contributed by atoms with Crippen molar-refractivity contribution in [2.24, 2.45) is 0 Å². The summed E-state index contributed by atoms with van der Waals surface area (Å²) in [6.07, 6.45) is 3.52.